The Balaban J connectivity index is 2.11. The second-order valence-electron chi connectivity index (χ2n) is 4.57. The molecular weight excluding hydrogens is 244 g/mol. The molecule has 1 aromatic carbocycles. The Morgan fingerprint density at radius 1 is 1.37 bits per heavy atom. The van der Waals surface area contributed by atoms with Gasteiger partial charge in [0.2, 0.25) is 11.8 Å². The first-order chi connectivity index (χ1) is 9.11. The SMILES string of the molecule is CNC(=O)CCC(=O)N1C[C@H](C)Oc2ccccc21. The number of ether oxygens (including phenoxy) is 1. The van der Waals surface area contributed by atoms with Crippen LogP contribution in [0.25, 0.3) is 0 Å². The number of anilines is 1. The first-order valence-electron chi connectivity index (χ1n) is 6.38. The fourth-order valence-corrected chi connectivity index (χ4v) is 2.11. The minimum atomic E-state index is -0.122. The van der Waals surface area contributed by atoms with Crippen molar-refractivity contribution >= 4 is 17.5 Å². The van der Waals surface area contributed by atoms with E-state index >= 15 is 0 Å². The van der Waals surface area contributed by atoms with Gasteiger partial charge in [-0.3, -0.25) is 9.59 Å². The molecule has 0 spiro atoms. The Kier molecular flexibility index (Phi) is 4.04. The van der Waals surface area contributed by atoms with Crippen LogP contribution in [-0.2, 0) is 9.59 Å². The molecule has 0 unspecified atom stereocenters. The maximum Gasteiger partial charge on any atom is 0.227 e. The molecule has 1 aliphatic heterocycles. The predicted molar refractivity (Wildman–Crippen MR) is 72.2 cm³/mol. The number of carbonyl (C=O) groups is 2. The molecule has 0 aliphatic carbocycles. The van der Waals surface area contributed by atoms with Crippen molar-refractivity contribution in [3.8, 4) is 5.75 Å². The molecule has 0 fully saturated rings. The number of rotatable bonds is 3. The zero-order valence-corrected chi connectivity index (χ0v) is 11.2. The third-order valence-corrected chi connectivity index (χ3v) is 3.07. The third-order valence-electron chi connectivity index (χ3n) is 3.07. The number of hydrogen-bond acceptors (Lipinski definition) is 3. The van der Waals surface area contributed by atoms with Crippen LogP contribution in [0.2, 0.25) is 0 Å². The molecule has 1 heterocycles. The van der Waals surface area contributed by atoms with Crippen molar-refractivity contribution < 1.29 is 14.3 Å². The van der Waals surface area contributed by atoms with Crippen LogP contribution in [0.5, 0.6) is 5.75 Å². The lowest BCUT2D eigenvalue weighted by atomic mass is 10.1. The number of nitrogens with zero attached hydrogens (tertiary/aromatic N) is 1. The molecule has 5 heteroatoms. The van der Waals surface area contributed by atoms with Crippen molar-refractivity contribution in [2.24, 2.45) is 0 Å². The Labute approximate surface area is 112 Å². The van der Waals surface area contributed by atoms with Gasteiger partial charge < -0.3 is 15.0 Å². The van der Waals surface area contributed by atoms with E-state index in [2.05, 4.69) is 5.32 Å². The van der Waals surface area contributed by atoms with Crippen LogP contribution in [0.1, 0.15) is 19.8 Å². The van der Waals surface area contributed by atoms with Gasteiger partial charge in [-0.15, -0.1) is 0 Å². The lowest BCUT2D eigenvalue weighted by Gasteiger charge is -2.33. The molecule has 0 saturated heterocycles. The molecule has 102 valence electrons. The molecule has 5 nitrogen and oxygen atoms in total. The highest BCUT2D eigenvalue weighted by Gasteiger charge is 2.27. The topological polar surface area (TPSA) is 58.6 Å². The van der Waals surface area contributed by atoms with Crippen molar-refractivity contribution in [2.75, 3.05) is 18.5 Å². The van der Waals surface area contributed by atoms with Gasteiger partial charge in [0.15, 0.2) is 0 Å². The smallest absolute Gasteiger partial charge is 0.227 e. The average Bonchev–Trinajstić information content (AvgIpc) is 2.43. The molecule has 1 aliphatic rings. The average molecular weight is 262 g/mol. The van der Waals surface area contributed by atoms with Crippen LogP contribution >= 0.6 is 0 Å². The first-order valence-corrected chi connectivity index (χ1v) is 6.38. The summed E-state index contributed by atoms with van der Waals surface area (Å²) in [7, 11) is 1.57. The van der Waals surface area contributed by atoms with E-state index in [1.165, 1.54) is 0 Å². The fraction of sp³-hybridized carbons (Fsp3) is 0.429. The second-order valence-corrected chi connectivity index (χ2v) is 4.57. The van der Waals surface area contributed by atoms with Gasteiger partial charge in [-0.1, -0.05) is 12.1 Å². The highest BCUT2D eigenvalue weighted by Crippen LogP contribution is 2.33. The van der Waals surface area contributed by atoms with Gasteiger partial charge in [-0.2, -0.15) is 0 Å². The van der Waals surface area contributed by atoms with Gasteiger partial charge in [0.25, 0.3) is 0 Å². The highest BCUT2D eigenvalue weighted by atomic mass is 16.5. The molecule has 0 radical (unpaired) electrons. The number of benzene rings is 1. The van der Waals surface area contributed by atoms with E-state index in [9.17, 15) is 9.59 Å². The van der Waals surface area contributed by atoms with Gasteiger partial charge in [-0.05, 0) is 19.1 Å². The molecule has 2 rings (SSSR count). The van der Waals surface area contributed by atoms with Crippen LogP contribution in [-0.4, -0.2) is 31.5 Å². The Morgan fingerprint density at radius 3 is 2.84 bits per heavy atom. The number of hydrogen-bond donors (Lipinski definition) is 1. The molecule has 2 amide bonds. The molecule has 0 aromatic heterocycles. The molecule has 1 atom stereocenters. The van der Waals surface area contributed by atoms with Crippen molar-refractivity contribution in [3.63, 3.8) is 0 Å². The molecular formula is C14H18N2O3. The summed E-state index contributed by atoms with van der Waals surface area (Å²) >= 11 is 0. The summed E-state index contributed by atoms with van der Waals surface area (Å²) in [5, 5.41) is 2.52. The number of para-hydroxylation sites is 2. The summed E-state index contributed by atoms with van der Waals surface area (Å²) in [6, 6.07) is 7.46. The highest BCUT2D eigenvalue weighted by molar-refractivity contribution is 5.97. The zero-order valence-electron chi connectivity index (χ0n) is 11.2. The summed E-state index contributed by atoms with van der Waals surface area (Å²) in [6.07, 6.45) is 0.378. The normalized spacial score (nSPS) is 17.4. The van der Waals surface area contributed by atoms with Gasteiger partial charge in [-0.25, -0.2) is 0 Å². The van der Waals surface area contributed by atoms with E-state index in [1.807, 2.05) is 31.2 Å². The third kappa shape index (κ3) is 3.05. The van der Waals surface area contributed by atoms with Gasteiger partial charge >= 0.3 is 0 Å². The van der Waals surface area contributed by atoms with Gasteiger partial charge in [0.05, 0.1) is 12.2 Å². The van der Waals surface area contributed by atoms with Crippen LogP contribution in [0.3, 0.4) is 0 Å². The Bertz CT molecular complexity index is 487. The van der Waals surface area contributed by atoms with E-state index in [1.54, 1.807) is 11.9 Å². The van der Waals surface area contributed by atoms with E-state index < -0.39 is 0 Å². The summed E-state index contributed by atoms with van der Waals surface area (Å²) in [4.78, 5) is 25.1. The van der Waals surface area contributed by atoms with Gasteiger partial charge in [0.1, 0.15) is 11.9 Å². The van der Waals surface area contributed by atoms with E-state index in [0.29, 0.717) is 6.54 Å². The van der Waals surface area contributed by atoms with E-state index in [4.69, 9.17) is 4.74 Å². The zero-order chi connectivity index (χ0) is 13.8. The number of fused-ring (bicyclic) bond motifs is 1. The monoisotopic (exact) mass is 262 g/mol. The van der Waals surface area contributed by atoms with Crippen molar-refractivity contribution in [1.82, 2.24) is 5.32 Å². The first kappa shape index (κ1) is 13.4. The largest absolute Gasteiger partial charge is 0.487 e. The summed E-state index contributed by atoms with van der Waals surface area (Å²) < 4.78 is 5.69. The molecule has 1 aromatic rings. The van der Waals surface area contributed by atoms with E-state index in [0.717, 1.165) is 11.4 Å². The maximum absolute atomic E-state index is 12.2. The molecule has 1 N–H and O–H groups in total. The molecule has 19 heavy (non-hydrogen) atoms. The predicted octanol–water partition coefficient (Wildman–Crippen LogP) is 1.33. The summed E-state index contributed by atoms with van der Waals surface area (Å²) in [5.41, 5.74) is 0.780. The lowest BCUT2D eigenvalue weighted by Crippen LogP contribution is -2.42. The summed E-state index contributed by atoms with van der Waals surface area (Å²) in [5.74, 6) is 0.545. The number of carbonyl (C=O) groups excluding carboxylic acids is 2. The van der Waals surface area contributed by atoms with E-state index in [-0.39, 0.29) is 30.8 Å². The minimum Gasteiger partial charge on any atom is -0.487 e. The number of nitrogens with one attached hydrogen (secondary N) is 1. The lowest BCUT2D eigenvalue weighted by molar-refractivity contribution is -0.125. The minimum absolute atomic E-state index is 0.0427. The molecule has 0 bridgehead atoms. The fourth-order valence-electron chi connectivity index (χ4n) is 2.11. The van der Waals surface area contributed by atoms with Crippen molar-refractivity contribution in [1.29, 1.82) is 0 Å². The summed E-state index contributed by atoms with van der Waals surface area (Å²) in [6.45, 7) is 2.44. The van der Waals surface area contributed by atoms with Crippen LogP contribution in [0, 0.1) is 0 Å². The van der Waals surface area contributed by atoms with Crippen LogP contribution in [0.4, 0.5) is 5.69 Å². The molecule has 0 saturated carbocycles. The van der Waals surface area contributed by atoms with Crippen molar-refractivity contribution in [3.05, 3.63) is 24.3 Å². The Hall–Kier alpha value is -2.04. The van der Waals surface area contributed by atoms with Gasteiger partial charge in [0, 0.05) is 19.9 Å². The Morgan fingerprint density at radius 2 is 2.11 bits per heavy atom. The van der Waals surface area contributed by atoms with Crippen LogP contribution in [0.15, 0.2) is 24.3 Å². The second kappa shape index (κ2) is 5.73. The number of amides is 2. The standard InChI is InChI=1S/C14H18N2O3/c1-10-9-16(14(18)8-7-13(17)15-2)11-5-3-4-6-12(11)19-10/h3-6,10H,7-9H2,1-2H3,(H,15,17)/t10-/m0/s1. The quantitative estimate of drug-likeness (QED) is 0.894. The van der Waals surface area contributed by atoms with Crippen molar-refractivity contribution in [2.45, 2.75) is 25.9 Å². The van der Waals surface area contributed by atoms with Crippen LogP contribution < -0.4 is 15.0 Å². The maximum atomic E-state index is 12.2.